The second-order valence-electron chi connectivity index (χ2n) is 11.5. The summed E-state index contributed by atoms with van der Waals surface area (Å²) < 4.78 is 47.3. The first kappa shape index (κ1) is 27.2. The molecular formula is C32H23F3N2O3S3. The molecular weight excluding hydrogens is 614 g/mol. The van der Waals surface area contributed by atoms with Crippen LogP contribution in [0.25, 0.3) is 0 Å². The van der Waals surface area contributed by atoms with Crippen LogP contribution in [-0.4, -0.2) is 22.0 Å². The maximum Gasteiger partial charge on any atom is 0.416 e. The average molecular weight is 637 g/mol. The van der Waals surface area contributed by atoms with E-state index in [-0.39, 0.29) is 40.5 Å². The van der Waals surface area contributed by atoms with E-state index in [9.17, 15) is 22.8 Å². The molecule has 11 heteroatoms. The molecule has 1 saturated heterocycles. The lowest BCUT2D eigenvalue weighted by Crippen LogP contribution is -2.42. The Labute approximate surface area is 258 Å². The zero-order chi connectivity index (χ0) is 29.6. The number of hydrogen-bond acceptors (Lipinski definition) is 6. The summed E-state index contributed by atoms with van der Waals surface area (Å²) in [5, 5.41) is 1.05. The van der Waals surface area contributed by atoms with Gasteiger partial charge in [-0.15, -0.1) is 23.1 Å². The number of carbonyl (C=O) groups is 2. The third-order valence-electron chi connectivity index (χ3n) is 9.35. The van der Waals surface area contributed by atoms with Crippen molar-refractivity contribution in [3.63, 3.8) is 0 Å². The van der Waals surface area contributed by atoms with Crippen molar-refractivity contribution in [1.29, 1.82) is 0 Å². The molecule has 43 heavy (non-hydrogen) atoms. The molecule has 2 saturated carbocycles. The normalized spacial score (nSPS) is 29.0. The highest BCUT2D eigenvalue weighted by Gasteiger charge is 2.69. The lowest BCUT2D eigenvalue weighted by Gasteiger charge is -2.43. The zero-order valence-corrected chi connectivity index (χ0v) is 24.7. The number of ether oxygens (including phenoxy) is 1. The number of thioether (sulfide) groups is 1. The fraction of sp³-hybridized carbons (Fsp3) is 0.281. The highest BCUT2D eigenvalue weighted by Crippen LogP contribution is 2.69. The van der Waals surface area contributed by atoms with E-state index in [1.165, 1.54) is 23.5 Å². The summed E-state index contributed by atoms with van der Waals surface area (Å²) in [5.74, 6) is -0.644. The van der Waals surface area contributed by atoms with Gasteiger partial charge < -0.3 is 9.72 Å². The van der Waals surface area contributed by atoms with Gasteiger partial charge in [-0.1, -0.05) is 36.4 Å². The fourth-order valence-electron chi connectivity index (χ4n) is 7.86. The summed E-state index contributed by atoms with van der Waals surface area (Å²) in [7, 11) is 0. The highest BCUT2D eigenvalue weighted by atomic mass is 32.2. The van der Waals surface area contributed by atoms with Crippen molar-refractivity contribution in [3.05, 3.63) is 98.8 Å². The largest absolute Gasteiger partial charge is 0.457 e. The zero-order valence-electron chi connectivity index (χ0n) is 22.3. The summed E-state index contributed by atoms with van der Waals surface area (Å²) in [5.41, 5.74) is 0.151. The van der Waals surface area contributed by atoms with Crippen molar-refractivity contribution in [2.45, 2.75) is 28.8 Å². The molecule has 7 unspecified atom stereocenters. The van der Waals surface area contributed by atoms with E-state index >= 15 is 0 Å². The van der Waals surface area contributed by atoms with Crippen molar-refractivity contribution in [2.75, 3.05) is 4.90 Å². The number of rotatable bonds is 4. The van der Waals surface area contributed by atoms with E-state index in [1.807, 2.05) is 48.5 Å². The Morgan fingerprint density at radius 1 is 0.884 bits per heavy atom. The highest BCUT2D eigenvalue weighted by molar-refractivity contribution is 8.00. The number of halogens is 3. The quantitative estimate of drug-likeness (QED) is 0.180. The molecule has 2 aliphatic heterocycles. The minimum atomic E-state index is -4.58. The number of hydrogen-bond donors (Lipinski definition) is 1. The Morgan fingerprint density at radius 2 is 1.60 bits per heavy atom. The molecule has 0 spiro atoms. The van der Waals surface area contributed by atoms with Crippen LogP contribution >= 0.6 is 35.3 Å². The number of nitrogens with zero attached hydrogens (tertiary/aromatic N) is 1. The number of fused-ring (bicyclic) bond motifs is 9. The number of alkyl halides is 3. The number of imide groups is 1. The Balaban J connectivity index is 1.18. The van der Waals surface area contributed by atoms with Crippen molar-refractivity contribution < 1.29 is 27.5 Å². The van der Waals surface area contributed by atoms with Gasteiger partial charge in [0.05, 0.1) is 28.1 Å². The fourth-order valence-corrected chi connectivity index (χ4v) is 11.2. The minimum absolute atomic E-state index is 0.0141. The lowest BCUT2D eigenvalue weighted by molar-refractivity contribution is -0.137. The SMILES string of the molecule is O=C1C2C3CC(C2C(=O)N1c1cccc(C(F)(F)F)c1)C1C(c2cccc(Oc4ccccc4)c2)c2sc(=S)[nH]c2SC31. The van der Waals surface area contributed by atoms with Crippen LogP contribution in [0, 0.1) is 33.5 Å². The Bertz CT molecular complexity index is 1840. The summed E-state index contributed by atoms with van der Waals surface area (Å²) >= 11 is 8.79. The van der Waals surface area contributed by atoms with Crippen LogP contribution < -0.4 is 9.64 Å². The maximum absolute atomic E-state index is 14.0. The van der Waals surface area contributed by atoms with Crippen molar-refractivity contribution in [3.8, 4) is 11.5 Å². The van der Waals surface area contributed by atoms with Gasteiger partial charge in [0.2, 0.25) is 11.8 Å². The molecule has 2 bridgehead atoms. The summed E-state index contributed by atoms with van der Waals surface area (Å²) in [6.07, 6.45) is -3.84. The van der Waals surface area contributed by atoms with Crippen LogP contribution in [0.4, 0.5) is 18.9 Å². The Kier molecular flexibility index (Phi) is 6.19. The first-order valence-electron chi connectivity index (χ1n) is 14.0. The van der Waals surface area contributed by atoms with E-state index in [0.717, 1.165) is 44.7 Å². The second-order valence-corrected chi connectivity index (χ2v) is 14.4. The molecule has 4 aromatic rings. The maximum atomic E-state index is 14.0. The van der Waals surface area contributed by atoms with Gasteiger partial charge in [0.1, 0.15) is 11.5 Å². The lowest BCUT2D eigenvalue weighted by atomic mass is 9.68. The average Bonchev–Trinajstić information content (AvgIpc) is 3.72. The number of aromatic nitrogens is 1. The second kappa shape index (κ2) is 9.80. The third kappa shape index (κ3) is 4.22. The molecule has 7 atom stereocenters. The number of carbonyl (C=O) groups excluding carboxylic acids is 2. The Hall–Kier alpha value is -3.41. The molecule has 1 N–H and O–H groups in total. The molecule has 1 aromatic heterocycles. The van der Waals surface area contributed by atoms with Crippen molar-refractivity contribution in [1.82, 2.24) is 4.98 Å². The predicted octanol–water partition coefficient (Wildman–Crippen LogP) is 8.29. The molecule has 5 nitrogen and oxygen atoms in total. The molecule has 3 heterocycles. The van der Waals surface area contributed by atoms with Crippen LogP contribution in [0.1, 0.15) is 28.3 Å². The van der Waals surface area contributed by atoms with Crippen LogP contribution in [0.3, 0.4) is 0 Å². The van der Waals surface area contributed by atoms with Crippen LogP contribution in [0.15, 0.2) is 83.9 Å². The molecule has 4 aliphatic rings. The van der Waals surface area contributed by atoms with Crippen molar-refractivity contribution in [2.24, 2.45) is 29.6 Å². The van der Waals surface area contributed by atoms with Gasteiger partial charge in [0, 0.05) is 16.0 Å². The molecule has 3 fully saturated rings. The molecule has 2 amide bonds. The van der Waals surface area contributed by atoms with Gasteiger partial charge in [-0.05, 0) is 84.4 Å². The van der Waals surface area contributed by atoms with Crippen LogP contribution in [-0.2, 0) is 15.8 Å². The van der Waals surface area contributed by atoms with E-state index < -0.39 is 29.5 Å². The summed E-state index contributed by atoms with van der Waals surface area (Å²) in [6, 6.07) is 22.0. The van der Waals surface area contributed by atoms with Gasteiger partial charge in [0.25, 0.3) is 0 Å². The van der Waals surface area contributed by atoms with Gasteiger partial charge in [0.15, 0.2) is 3.95 Å². The molecule has 8 rings (SSSR count). The molecule has 2 aliphatic carbocycles. The van der Waals surface area contributed by atoms with E-state index in [2.05, 4.69) is 11.1 Å². The van der Waals surface area contributed by atoms with Crippen LogP contribution in [0.5, 0.6) is 11.5 Å². The first-order valence-corrected chi connectivity index (χ1v) is 16.1. The first-order chi connectivity index (χ1) is 20.7. The number of para-hydroxylation sites is 1. The summed E-state index contributed by atoms with van der Waals surface area (Å²) in [6.45, 7) is 0. The smallest absolute Gasteiger partial charge is 0.416 e. The monoisotopic (exact) mass is 636 g/mol. The van der Waals surface area contributed by atoms with E-state index in [4.69, 9.17) is 17.0 Å². The standard InChI is InChI=1S/C32H23F3N2O3S3/c33-32(34,35)16-7-5-8-17(13-16)37-29(38)24-20-14-21(25(24)30(37)39)26-23(20)22(27-28(42-26)36-31(41)43-27)15-6-4-11-19(12-15)40-18-9-2-1-3-10-18/h1-13,20-26H,14H2,(H,36,41). The van der Waals surface area contributed by atoms with Gasteiger partial charge in [-0.3, -0.25) is 14.5 Å². The number of thiazole rings is 1. The van der Waals surface area contributed by atoms with E-state index in [1.54, 1.807) is 11.8 Å². The minimum Gasteiger partial charge on any atom is -0.457 e. The third-order valence-corrected chi connectivity index (χ3v) is 12.3. The predicted molar refractivity (Wildman–Crippen MR) is 160 cm³/mol. The summed E-state index contributed by atoms with van der Waals surface area (Å²) in [4.78, 5) is 33.2. The molecule has 218 valence electrons. The number of anilines is 1. The van der Waals surface area contributed by atoms with Crippen molar-refractivity contribution >= 4 is 52.8 Å². The number of benzene rings is 3. The van der Waals surface area contributed by atoms with Gasteiger partial charge in [-0.25, -0.2) is 0 Å². The topological polar surface area (TPSA) is 62.4 Å². The van der Waals surface area contributed by atoms with E-state index in [0.29, 0.717) is 9.70 Å². The molecule has 0 radical (unpaired) electrons. The number of nitrogens with one attached hydrogen (secondary N) is 1. The molecule has 3 aromatic carbocycles. The van der Waals surface area contributed by atoms with Gasteiger partial charge >= 0.3 is 6.18 Å². The Morgan fingerprint density at radius 3 is 2.37 bits per heavy atom. The van der Waals surface area contributed by atoms with Gasteiger partial charge in [-0.2, -0.15) is 13.2 Å². The number of amides is 2. The van der Waals surface area contributed by atoms with Crippen LogP contribution in [0.2, 0.25) is 0 Å². The number of H-pyrrole nitrogens is 1. The number of aromatic amines is 1.